The fourth-order valence-electron chi connectivity index (χ4n) is 2.14. The quantitative estimate of drug-likeness (QED) is 0.727. The average molecular weight is 420 g/mol. The average Bonchev–Trinajstić information content (AvgIpc) is 2.44. The monoisotopic (exact) mass is 418 g/mol. The van der Waals surface area contributed by atoms with Gasteiger partial charge in [-0.2, -0.15) is 0 Å². The minimum Gasteiger partial charge on any atom is -0.399 e. The molecule has 0 atom stereocenters. The third kappa shape index (κ3) is 5.21. The molecule has 23 heavy (non-hydrogen) atoms. The first-order valence-electron chi connectivity index (χ1n) is 6.90. The Hall–Kier alpha value is -1.08. The van der Waals surface area contributed by atoms with Gasteiger partial charge < -0.3 is 5.73 Å². The Labute approximate surface area is 152 Å². The molecule has 0 aromatic heterocycles. The van der Waals surface area contributed by atoms with E-state index in [0.717, 1.165) is 21.2 Å². The Morgan fingerprint density at radius 2 is 1.70 bits per heavy atom. The van der Waals surface area contributed by atoms with Gasteiger partial charge in [0.1, 0.15) is 0 Å². The van der Waals surface area contributed by atoms with Gasteiger partial charge in [-0.3, -0.25) is 0 Å². The van der Waals surface area contributed by atoms with Gasteiger partial charge in [0.25, 0.3) is 0 Å². The number of nitrogen functional groups attached to an aromatic ring is 1. The number of hydrogen-bond acceptors (Lipinski definition) is 3. The number of aryl methyl sites for hydroxylation is 2. The van der Waals surface area contributed by atoms with Gasteiger partial charge in [-0.1, -0.05) is 28.1 Å². The molecule has 0 amide bonds. The van der Waals surface area contributed by atoms with Crippen LogP contribution in [0, 0.1) is 13.8 Å². The highest BCUT2D eigenvalue weighted by Gasteiger charge is 2.17. The number of sulfonamides is 1. The molecule has 0 saturated carbocycles. The fourth-order valence-corrected chi connectivity index (χ4v) is 3.93. The summed E-state index contributed by atoms with van der Waals surface area (Å²) in [5.41, 5.74) is 8.98. The first-order chi connectivity index (χ1) is 10.3. The van der Waals surface area contributed by atoms with E-state index < -0.39 is 10.0 Å². The normalized spacial score (nSPS) is 11.1. The van der Waals surface area contributed by atoms with Crippen molar-refractivity contribution in [3.05, 3.63) is 57.6 Å². The fraction of sp³-hybridized carbons (Fsp3) is 0.250. The van der Waals surface area contributed by atoms with E-state index in [-0.39, 0.29) is 12.4 Å². The SMILES string of the molecule is Cc1cc(S(=O)(=O)NCCc2ccc(N)cc2)c(C)cc1Br.Cl. The molecule has 3 N–H and O–H groups in total. The minimum atomic E-state index is -3.50. The molecule has 2 aromatic carbocycles. The van der Waals surface area contributed by atoms with Crippen molar-refractivity contribution in [1.29, 1.82) is 0 Å². The maximum absolute atomic E-state index is 12.4. The van der Waals surface area contributed by atoms with E-state index in [1.165, 1.54) is 0 Å². The molecule has 2 rings (SSSR count). The predicted molar refractivity (Wildman–Crippen MR) is 101 cm³/mol. The van der Waals surface area contributed by atoms with Crippen LogP contribution >= 0.6 is 28.3 Å². The number of nitrogens with one attached hydrogen (secondary N) is 1. The lowest BCUT2D eigenvalue weighted by molar-refractivity contribution is 0.581. The molecule has 0 spiro atoms. The topological polar surface area (TPSA) is 72.2 Å². The van der Waals surface area contributed by atoms with E-state index in [9.17, 15) is 8.42 Å². The van der Waals surface area contributed by atoms with Crippen molar-refractivity contribution < 1.29 is 8.42 Å². The summed E-state index contributed by atoms with van der Waals surface area (Å²) in [4.78, 5) is 0.325. The Morgan fingerprint density at radius 3 is 2.30 bits per heavy atom. The van der Waals surface area contributed by atoms with Crippen LogP contribution in [0.25, 0.3) is 0 Å². The molecule has 0 radical (unpaired) electrons. The van der Waals surface area contributed by atoms with Crippen LogP contribution < -0.4 is 10.5 Å². The summed E-state index contributed by atoms with van der Waals surface area (Å²) in [6.07, 6.45) is 0.619. The zero-order valence-electron chi connectivity index (χ0n) is 13.0. The van der Waals surface area contributed by atoms with Crippen molar-refractivity contribution in [3.8, 4) is 0 Å². The van der Waals surface area contributed by atoms with Gasteiger partial charge in [-0.25, -0.2) is 13.1 Å². The number of anilines is 1. The van der Waals surface area contributed by atoms with Gasteiger partial charge in [0.2, 0.25) is 10.0 Å². The van der Waals surface area contributed by atoms with E-state index in [4.69, 9.17) is 5.73 Å². The molecule has 0 fully saturated rings. The summed E-state index contributed by atoms with van der Waals surface area (Å²) < 4.78 is 28.4. The smallest absolute Gasteiger partial charge is 0.240 e. The van der Waals surface area contributed by atoms with E-state index in [0.29, 0.717) is 23.5 Å². The van der Waals surface area contributed by atoms with Crippen molar-refractivity contribution in [1.82, 2.24) is 4.72 Å². The van der Waals surface area contributed by atoms with Gasteiger partial charge in [0.05, 0.1) is 4.90 Å². The summed E-state index contributed by atoms with van der Waals surface area (Å²) in [5, 5.41) is 0. The van der Waals surface area contributed by atoms with Crippen LogP contribution in [-0.2, 0) is 16.4 Å². The van der Waals surface area contributed by atoms with Crippen LogP contribution in [0.2, 0.25) is 0 Å². The summed E-state index contributed by atoms with van der Waals surface area (Å²) in [7, 11) is -3.50. The highest BCUT2D eigenvalue weighted by molar-refractivity contribution is 9.10. The first kappa shape index (κ1) is 20.0. The molecule has 0 aliphatic rings. The Morgan fingerprint density at radius 1 is 1.09 bits per heavy atom. The molecular formula is C16H20BrClN2O2S. The maximum Gasteiger partial charge on any atom is 0.240 e. The maximum atomic E-state index is 12.4. The molecule has 126 valence electrons. The second kappa shape index (κ2) is 8.15. The minimum absolute atomic E-state index is 0. The molecule has 0 unspecified atom stereocenters. The number of nitrogens with two attached hydrogens (primary N) is 1. The standard InChI is InChI=1S/C16H19BrN2O2S.ClH/c1-11-10-16(12(2)9-15(11)17)22(20,21)19-8-7-13-3-5-14(18)6-4-13;/h3-6,9-10,19H,7-8,18H2,1-2H3;1H. The van der Waals surface area contributed by atoms with Gasteiger partial charge in [-0.15, -0.1) is 12.4 Å². The lowest BCUT2D eigenvalue weighted by Gasteiger charge is -2.11. The first-order valence-corrected chi connectivity index (χ1v) is 9.18. The highest BCUT2D eigenvalue weighted by Crippen LogP contribution is 2.24. The van der Waals surface area contributed by atoms with E-state index in [2.05, 4.69) is 20.7 Å². The summed E-state index contributed by atoms with van der Waals surface area (Å²) >= 11 is 3.41. The highest BCUT2D eigenvalue weighted by atomic mass is 79.9. The van der Waals surface area contributed by atoms with Gasteiger partial charge in [-0.05, 0) is 61.2 Å². The number of halogens is 2. The number of rotatable bonds is 5. The lowest BCUT2D eigenvalue weighted by atomic mass is 10.1. The predicted octanol–water partition coefficient (Wildman–Crippen LogP) is 3.59. The third-order valence-corrected chi connectivity index (χ3v) is 5.89. The molecule has 0 heterocycles. The van der Waals surface area contributed by atoms with Crippen molar-refractivity contribution in [3.63, 3.8) is 0 Å². The van der Waals surface area contributed by atoms with Crippen molar-refractivity contribution in [2.45, 2.75) is 25.2 Å². The zero-order valence-corrected chi connectivity index (χ0v) is 16.2. The number of benzene rings is 2. The Bertz CT molecular complexity index is 777. The molecule has 2 aromatic rings. The third-order valence-electron chi connectivity index (χ3n) is 3.43. The van der Waals surface area contributed by atoms with E-state index >= 15 is 0 Å². The zero-order chi connectivity index (χ0) is 16.3. The van der Waals surface area contributed by atoms with Crippen LogP contribution in [-0.4, -0.2) is 15.0 Å². The molecule has 0 aliphatic carbocycles. The van der Waals surface area contributed by atoms with E-state index in [1.807, 2.05) is 37.3 Å². The summed E-state index contributed by atoms with van der Waals surface area (Å²) in [6.45, 7) is 4.01. The summed E-state index contributed by atoms with van der Waals surface area (Å²) in [5.74, 6) is 0. The second-order valence-corrected chi connectivity index (χ2v) is 7.85. The molecule has 4 nitrogen and oxygen atoms in total. The molecule has 7 heteroatoms. The van der Waals surface area contributed by atoms with Crippen molar-refractivity contribution in [2.24, 2.45) is 0 Å². The Balaban J connectivity index is 0.00000264. The van der Waals surface area contributed by atoms with Crippen LogP contribution in [0.15, 0.2) is 45.8 Å². The van der Waals surface area contributed by atoms with Crippen LogP contribution in [0.3, 0.4) is 0 Å². The largest absolute Gasteiger partial charge is 0.399 e. The summed E-state index contributed by atoms with van der Waals surface area (Å²) in [6, 6.07) is 10.9. The molecule has 0 saturated heterocycles. The number of hydrogen-bond donors (Lipinski definition) is 2. The Kier molecular flexibility index (Phi) is 7.07. The van der Waals surface area contributed by atoms with Gasteiger partial charge in [0.15, 0.2) is 0 Å². The van der Waals surface area contributed by atoms with Gasteiger partial charge >= 0.3 is 0 Å². The lowest BCUT2D eigenvalue weighted by Crippen LogP contribution is -2.26. The van der Waals surface area contributed by atoms with Crippen LogP contribution in [0.5, 0.6) is 0 Å². The molecule has 0 aliphatic heterocycles. The van der Waals surface area contributed by atoms with Crippen LogP contribution in [0.4, 0.5) is 5.69 Å². The van der Waals surface area contributed by atoms with E-state index in [1.54, 1.807) is 13.0 Å². The van der Waals surface area contributed by atoms with Gasteiger partial charge in [0, 0.05) is 16.7 Å². The molecule has 0 bridgehead atoms. The van der Waals surface area contributed by atoms with Crippen molar-refractivity contribution in [2.75, 3.05) is 12.3 Å². The second-order valence-electron chi connectivity index (χ2n) is 5.26. The van der Waals surface area contributed by atoms with Crippen LogP contribution in [0.1, 0.15) is 16.7 Å². The van der Waals surface area contributed by atoms with Crippen molar-refractivity contribution >= 4 is 44.0 Å². The molecular weight excluding hydrogens is 400 g/mol.